The Bertz CT molecular complexity index is 1020. The quantitative estimate of drug-likeness (QED) is 0.663. The first-order chi connectivity index (χ1) is 12.2. The Morgan fingerprint density at radius 3 is 2.23 bits per heavy atom. The fraction of sp³-hybridized carbons (Fsp3) is 0.368. The average molecular weight is 351 g/mol. The van der Waals surface area contributed by atoms with Gasteiger partial charge in [0, 0.05) is 30.9 Å². The van der Waals surface area contributed by atoms with Gasteiger partial charge >= 0.3 is 7.12 Å². The summed E-state index contributed by atoms with van der Waals surface area (Å²) in [5.41, 5.74) is 2.74. The fourth-order valence-electron chi connectivity index (χ4n) is 3.04. The summed E-state index contributed by atoms with van der Waals surface area (Å²) < 4.78 is 15.5. The molecule has 7 heteroatoms. The molecule has 3 heterocycles. The second kappa shape index (κ2) is 5.56. The minimum absolute atomic E-state index is 0.0555. The fourth-order valence-corrected chi connectivity index (χ4v) is 3.04. The summed E-state index contributed by atoms with van der Waals surface area (Å²) in [5.74, 6) is 0. The van der Waals surface area contributed by atoms with Crippen molar-refractivity contribution < 1.29 is 9.31 Å². The van der Waals surface area contributed by atoms with Crippen LogP contribution in [0, 0.1) is 0 Å². The highest BCUT2D eigenvalue weighted by atomic mass is 16.7. The molecule has 0 saturated carbocycles. The van der Waals surface area contributed by atoms with E-state index in [1.807, 2.05) is 58.0 Å². The molecule has 0 atom stereocenters. The molecule has 4 rings (SSSR count). The maximum absolute atomic E-state index is 11.8. The summed E-state index contributed by atoms with van der Waals surface area (Å²) in [7, 11) is 1.36. The standard InChI is InChI=1S/C19H22BN3O3/c1-18(2)19(3,4)26-20(25-18)14-8-6-13(7-9-14)15-12-16-22(5)17(24)10-11-23(16)21-15/h6-12H,1-5H3. The monoisotopic (exact) mass is 351 g/mol. The molecule has 1 saturated heterocycles. The smallest absolute Gasteiger partial charge is 0.399 e. The van der Waals surface area contributed by atoms with Crippen LogP contribution in [0.2, 0.25) is 0 Å². The van der Waals surface area contributed by atoms with Crippen LogP contribution in [-0.4, -0.2) is 32.5 Å². The normalized spacial score (nSPS) is 18.6. The van der Waals surface area contributed by atoms with Gasteiger partial charge in [0.15, 0.2) is 0 Å². The van der Waals surface area contributed by atoms with Crippen molar-refractivity contribution in [3.63, 3.8) is 0 Å². The van der Waals surface area contributed by atoms with Crippen LogP contribution in [0.4, 0.5) is 0 Å². The van der Waals surface area contributed by atoms with E-state index in [2.05, 4.69) is 5.10 Å². The lowest BCUT2D eigenvalue weighted by molar-refractivity contribution is 0.00578. The molecule has 1 aromatic carbocycles. The Morgan fingerprint density at radius 2 is 1.62 bits per heavy atom. The Hall–Kier alpha value is -2.38. The van der Waals surface area contributed by atoms with Crippen LogP contribution in [0.1, 0.15) is 27.7 Å². The minimum Gasteiger partial charge on any atom is -0.399 e. The maximum atomic E-state index is 11.8. The summed E-state index contributed by atoms with van der Waals surface area (Å²) in [6.45, 7) is 8.18. The van der Waals surface area contributed by atoms with Crippen LogP contribution >= 0.6 is 0 Å². The van der Waals surface area contributed by atoms with Gasteiger partial charge in [-0.05, 0) is 33.2 Å². The van der Waals surface area contributed by atoms with Crippen LogP contribution in [0.15, 0.2) is 47.4 Å². The van der Waals surface area contributed by atoms with Crippen molar-refractivity contribution in [2.45, 2.75) is 38.9 Å². The van der Waals surface area contributed by atoms with E-state index in [9.17, 15) is 4.79 Å². The van der Waals surface area contributed by atoms with Gasteiger partial charge in [0.2, 0.25) is 0 Å². The third-order valence-electron chi connectivity index (χ3n) is 5.48. The van der Waals surface area contributed by atoms with Crippen molar-refractivity contribution in [3.8, 4) is 11.3 Å². The van der Waals surface area contributed by atoms with Crippen molar-refractivity contribution in [2.24, 2.45) is 7.05 Å². The maximum Gasteiger partial charge on any atom is 0.494 e. The Balaban J connectivity index is 1.65. The highest BCUT2D eigenvalue weighted by Crippen LogP contribution is 2.36. The first-order valence-corrected chi connectivity index (χ1v) is 8.69. The molecule has 0 N–H and O–H groups in total. The lowest BCUT2D eigenvalue weighted by atomic mass is 9.79. The first-order valence-electron chi connectivity index (χ1n) is 8.69. The highest BCUT2D eigenvalue weighted by molar-refractivity contribution is 6.62. The van der Waals surface area contributed by atoms with E-state index in [-0.39, 0.29) is 23.9 Å². The van der Waals surface area contributed by atoms with Gasteiger partial charge in [-0.1, -0.05) is 24.3 Å². The van der Waals surface area contributed by atoms with Gasteiger partial charge in [-0.3, -0.25) is 9.36 Å². The van der Waals surface area contributed by atoms with E-state index in [1.165, 1.54) is 6.07 Å². The lowest BCUT2D eigenvalue weighted by Crippen LogP contribution is -2.41. The number of hydrogen-bond donors (Lipinski definition) is 0. The van der Waals surface area contributed by atoms with Crippen LogP contribution < -0.4 is 11.0 Å². The Kier molecular flexibility index (Phi) is 3.65. The SMILES string of the molecule is Cn1c(=O)ccn2nc(-c3ccc(B4OC(C)(C)C(C)(C)O4)cc3)cc12. The molecule has 0 aliphatic carbocycles. The average Bonchev–Trinajstić information content (AvgIpc) is 3.10. The number of fused-ring (bicyclic) bond motifs is 1. The third-order valence-corrected chi connectivity index (χ3v) is 5.48. The first kappa shape index (κ1) is 17.1. The number of aryl methyl sites for hydroxylation is 1. The summed E-state index contributed by atoms with van der Waals surface area (Å²) in [4.78, 5) is 11.8. The summed E-state index contributed by atoms with van der Waals surface area (Å²) in [5, 5.41) is 4.55. The summed E-state index contributed by atoms with van der Waals surface area (Å²) in [6.07, 6.45) is 1.68. The zero-order chi connectivity index (χ0) is 18.7. The van der Waals surface area contributed by atoms with E-state index in [4.69, 9.17) is 9.31 Å². The number of nitrogens with zero attached hydrogens (tertiary/aromatic N) is 3. The topological polar surface area (TPSA) is 57.8 Å². The van der Waals surface area contributed by atoms with Crippen LogP contribution in [-0.2, 0) is 16.4 Å². The van der Waals surface area contributed by atoms with Crippen molar-refractivity contribution in [1.82, 2.24) is 14.2 Å². The van der Waals surface area contributed by atoms with Gasteiger partial charge in [-0.15, -0.1) is 0 Å². The molecule has 1 aliphatic heterocycles. The van der Waals surface area contributed by atoms with Gasteiger partial charge in [0.1, 0.15) is 5.65 Å². The van der Waals surface area contributed by atoms with Crippen molar-refractivity contribution in [2.75, 3.05) is 0 Å². The summed E-state index contributed by atoms with van der Waals surface area (Å²) in [6, 6.07) is 11.4. The van der Waals surface area contributed by atoms with E-state index >= 15 is 0 Å². The molecule has 134 valence electrons. The number of hydrogen-bond acceptors (Lipinski definition) is 4. The molecule has 6 nitrogen and oxygen atoms in total. The molecule has 0 unspecified atom stereocenters. The number of benzene rings is 1. The molecular formula is C19H22BN3O3. The van der Waals surface area contributed by atoms with Crippen LogP contribution in [0.5, 0.6) is 0 Å². The molecule has 3 aromatic rings. The second-order valence-corrected chi connectivity index (χ2v) is 7.76. The number of aromatic nitrogens is 3. The molecule has 1 fully saturated rings. The van der Waals surface area contributed by atoms with E-state index in [0.717, 1.165) is 22.4 Å². The van der Waals surface area contributed by atoms with Gasteiger partial charge in [-0.25, -0.2) is 4.52 Å². The van der Waals surface area contributed by atoms with E-state index < -0.39 is 0 Å². The second-order valence-electron chi connectivity index (χ2n) is 7.76. The molecule has 2 aromatic heterocycles. The van der Waals surface area contributed by atoms with Gasteiger partial charge in [0.05, 0.1) is 16.9 Å². The zero-order valence-corrected chi connectivity index (χ0v) is 15.7. The Labute approximate surface area is 152 Å². The predicted molar refractivity (Wildman–Crippen MR) is 102 cm³/mol. The zero-order valence-electron chi connectivity index (χ0n) is 15.7. The predicted octanol–water partition coefficient (Wildman–Crippen LogP) is 2.00. The largest absolute Gasteiger partial charge is 0.494 e. The minimum atomic E-state index is -0.379. The van der Waals surface area contributed by atoms with Crippen molar-refractivity contribution >= 4 is 18.2 Å². The molecule has 0 spiro atoms. The van der Waals surface area contributed by atoms with Crippen molar-refractivity contribution in [1.29, 1.82) is 0 Å². The highest BCUT2D eigenvalue weighted by Gasteiger charge is 2.51. The molecule has 0 amide bonds. The third kappa shape index (κ3) is 2.59. The van der Waals surface area contributed by atoms with Gasteiger partial charge < -0.3 is 9.31 Å². The lowest BCUT2D eigenvalue weighted by Gasteiger charge is -2.32. The van der Waals surface area contributed by atoms with Gasteiger partial charge in [-0.2, -0.15) is 5.10 Å². The van der Waals surface area contributed by atoms with E-state index in [1.54, 1.807) is 22.3 Å². The number of rotatable bonds is 2. The van der Waals surface area contributed by atoms with Crippen molar-refractivity contribution in [3.05, 3.63) is 52.9 Å². The molecule has 1 aliphatic rings. The molecule has 0 radical (unpaired) electrons. The molecule has 0 bridgehead atoms. The Morgan fingerprint density at radius 1 is 1.00 bits per heavy atom. The van der Waals surface area contributed by atoms with E-state index in [0.29, 0.717) is 0 Å². The molecular weight excluding hydrogens is 329 g/mol. The van der Waals surface area contributed by atoms with Crippen LogP contribution in [0.25, 0.3) is 16.9 Å². The summed E-state index contributed by atoms with van der Waals surface area (Å²) >= 11 is 0. The molecule has 26 heavy (non-hydrogen) atoms. The van der Waals surface area contributed by atoms with Gasteiger partial charge in [0.25, 0.3) is 5.56 Å². The van der Waals surface area contributed by atoms with Crippen LogP contribution in [0.3, 0.4) is 0 Å².